The van der Waals surface area contributed by atoms with E-state index in [0.717, 1.165) is 0 Å². The summed E-state index contributed by atoms with van der Waals surface area (Å²) in [5.41, 5.74) is 0. The van der Waals surface area contributed by atoms with E-state index in [9.17, 15) is 8.96 Å². The molecule has 0 saturated heterocycles. The van der Waals surface area contributed by atoms with E-state index in [2.05, 4.69) is 0 Å². The molecule has 0 aliphatic rings. The molecule has 6 heavy (non-hydrogen) atoms. The van der Waals surface area contributed by atoms with Gasteiger partial charge in [0.05, 0.1) is 16.0 Å². The lowest BCUT2D eigenvalue weighted by atomic mass is 13.6. The fraction of sp³-hybridized carbons (Fsp3) is 0. The van der Waals surface area contributed by atoms with Crippen molar-refractivity contribution in [3.63, 3.8) is 0 Å². The van der Waals surface area contributed by atoms with Crippen LogP contribution in [0, 0.1) is 0 Å². The van der Waals surface area contributed by atoms with Crippen LogP contribution in [-0.4, -0.2) is 13.5 Å². The van der Waals surface area contributed by atoms with E-state index in [4.69, 9.17) is 8.76 Å². The summed E-state index contributed by atoms with van der Waals surface area (Å²) in [6.45, 7) is 0. The van der Waals surface area contributed by atoms with Crippen molar-refractivity contribution in [1.29, 1.82) is 0 Å². The summed E-state index contributed by atoms with van der Waals surface area (Å²) in [5, 5.41) is 0. The van der Waals surface area contributed by atoms with Crippen LogP contribution in [0.25, 0.3) is 0 Å². The minimum absolute atomic E-state index is 1.92. The Hall–Kier alpha value is -0.0700. The van der Waals surface area contributed by atoms with Crippen LogP contribution in [0.1, 0.15) is 0 Å². The van der Waals surface area contributed by atoms with Gasteiger partial charge in [0, 0.05) is 0 Å². The maximum Gasteiger partial charge on any atom is 0.0984 e. The van der Waals surface area contributed by atoms with E-state index >= 15 is 0 Å². The SMILES string of the molecule is O=S([O-])N(F)F. The lowest BCUT2D eigenvalue weighted by Gasteiger charge is -1.99. The molecule has 1 unspecified atom stereocenters. The highest BCUT2D eigenvalue weighted by molar-refractivity contribution is 7.76. The van der Waals surface area contributed by atoms with Crippen LogP contribution in [0.2, 0.25) is 0 Å². The molecule has 0 bridgehead atoms. The minimum Gasteiger partial charge on any atom is -0.756 e. The van der Waals surface area contributed by atoms with E-state index in [-0.39, 0.29) is 0 Å². The maximum atomic E-state index is 10.4. The highest BCUT2D eigenvalue weighted by Gasteiger charge is 1.92. The van der Waals surface area contributed by atoms with Crippen LogP contribution < -0.4 is 0 Å². The Morgan fingerprint density at radius 1 is 1.67 bits per heavy atom. The van der Waals surface area contributed by atoms with Gasteiger partial charge < -0.3 is 4.55 Å². The van der Waals surface area contributed by atoms with E-state index in [1.54, 1.807) is 0 Å². The second-order valence-electron chi connectivity index (χ2n) is 0.419. The summed E-state index contributed by atoms with van der Waals surface area (Å²) in [5.74, 6) is 0. The predicted molar refractivity (Wildman–Crippen MR) is 13.0 cm³/mol. The third kappa shape index (κ3) is 2.18. The molecule has 38 valence electrons. The molecule has 0 spiro atoms. The molecule has 0 aliphatic carbocycles. The molecule has 3 nitrogen and oxygen atoms in total. The smallest absolute Gasteiger partial charge is 0.0984 e. The summed E-state index contributed by atoms with van der Waals surface area (Å²) in [4.78, 5) is 0. The average molecular weight is 116 g/mol. The van der Waals surface area contributed by atoms with Gasteiger partial charge in [-0.25, -0.2) is 0 Å². The summed E-state index contributed by atoms with van der Waals surface area (Å²) in [6, 6.07) is 0. The van der Waals surface area contributed by atoms with Crippen LogP contribution in [0.5, 0.6) is 0 Å². The molecule has 0 aromatic heterocycles. The molecular weight excluding hydrogens is 116 g/mol. The molecule has 0 aromatic rings. The van der Waals surface area contributed by atoms with Crippen molar-refractivity contribution in [3.05, 3.63) is 0 Å². The van der Waals surface area contributed by atoms with Gasteiger partial charge >= 0.3 is 0 Å². The molecule has 0 fully saturated rings. The van der Waals surface area contributed by atoms with Gasteiger partial charge in [-0.05, 0) is 0 Å². The Morgan fingerprint density at radius 3 is 1.83 bits per heavy atom. The first-order valence-corrected chi connectivity index (χ1v) is 1.89. The largest absolute Gasteiger partial charge is 0.756 e. The molecule has 0 N–H and O–H groups in total. The average Bonchev–Trinajstić information content (AvgIpc) is 1.36. The zero-order chi connectivity index (χ0) is 5.15. The minimum atomic E-state index is -3.37. The number of hydrogen-bond acceptors (Lipinski definition) is 2. The van der Waals surface area contributed by atoms with Crippen LogP contribution in [-0.2, 0) is 11.3 Å². The van der Waals surface area contributed by atoms with E-state index in [0.29, 0.717) is 0 Å². The molecule has 0 rings (SSSR count). The zero-order valence-electron chi connectivity index (χ0n) is 2.43. The molecule has 0 heterocycles. The first-order chi connectivity index (χ1) is 2.64. The molecule has 0 aromatic carbocycles. The number of halogens is 2. The Balaban J connectivity index is 3.26. The van der Waals surface area contributed by atoms with Crippen molar-refractivity contribution in [2.24, 2.45) is 0 Å². The quantitative estimate of drug-likeness (QED) is 0.353. The Labute approximate surface area is 34.8 Å². The molecule has 6 heteroatoms. The van der Waals surface area contributed by atoms with E-state index < -0.39 is 16.0 Å². The molecule has 0 aliphatic heterocycles. The Bertz CT molecular complexity index is 62.6. The molecule has 1 atom stereocenters. The molecular formula is F2NO2S-. The fourth-order valence-corrected chi connectivity index (χ4v) is 0. The van der Waals surface area contributed by atoms with Gasteiger partial charge in [0.1, 0.15) is 0 Å². The maximum absolute atomic E-state index is 10.4. The standard InChI is InChI=1S/F2HNO2S/c1-3(2)6(4)5/h(H,4,5)/p-1. The van der Waals surface area contributed by atoms with Crippen molar-refractivity contribution < 1.29 is 17.7 Å². The lowest BCUT2D eigenvalue weighted by molar-refractivity contribution is -0.0558. The van der Waals surface area contributed by atoms with Crippen molar-refractivity contribution in [2.45, 2.75) is 0 Å². The molecule has 0 saturated carbocycles. The van der Waals surface area contributed by atoms with Crippen molar-refractivity contribution >= 4 is 11.3 Å². The summed E-state index contributed by atoms with van der Waals surface area (Å²) in [6.07, 6.45) is 0. The van der Waals surface area contributed by atoms with Crippen LogP contribution in [0.15, 0.2) is 0 Å². The first-order valence-electron chi connectivity index (χ1n) is 0.854. The van der Waals surface area contributed by atoms with Gasteiger partial charge in [-0.3, -0.25) is 4.21 Å². The van der Waals surface area contributed by atoms with Gasteiger partial charge in [0.2, 0.25) is 0 Å². The number of hydrogen-bond donors (Lipinski definition) is 0. The third-order valence-electron chi connectivity index (χ3n) is 0.113. The van der Waals surface area contributed by atoms with Gasteiger partial charge in [-0.15, -0.1) is 0 Å². The second-order valence-corrected chi connectivity index (χ2v) is 1.13. The van der Waals surface area contributed by atoms with E-state index in [1.807, 2.05) is 0 Å². The normalized spacial score (nSPS) is 15.3. The summed E-state index contributed by atoms with van der Waals surface area (Å²) >= 11 is -3.37. The Kier molecular flexibility index (Phi) is 2.14. The van der Waals surface area contributed by atoms with Gasteiger partial charge in [0.15, 0.2) is 0 Å². The van der Waals surface area contributed by atoms with Gasteiger partial charge in [0.25, 0.3) is 0 Å². The first kappa shape index (κ1) is 5.93. The fourth-order valence-electron chi connectivity index (χ4n) is 0. The van der Waals surface area contributed by atoms with Gasteiger partial charge in [-0.2, -0.15) is 0 Å². The summed E-state index contributed by atoms with van der Waals surface area (Å²) < 4.78 is 36.6. The van der Waals surface area contributed by atoms with Crippen molar-refractivity contribution in [1.82, 2.24) is 4.75 Å². The number of nitrogens with zero attached hydrogens (tertiary/aromatic N) is 1. The zero-order valence-corrected chi connectivity index (χ0v) is 3.24. The highest BCUT2D eigenvalue weighted by atomic mass is 32.2. The topological polar surface area (TPSA) is 43.4 Å². The predicted octanol–water partition coefficient (Wildman–Crippen LogP) is -0.148. The Morgan fingerprint density at radius 2 is 1.83 bits per heavy atom. The van der Waals surface area contributed by atoms with Crippen molar-refractivity contribution in [2.75, 3.05) is 0 Å². The van der Waals surface area contributed by atoms with E-state index in [1.165, 1.54) is 0 Å². The van der Waals surface area contributed by atoms with Crippen LogP contribution in [0.4, 0.5) is 8.96 Å². The molecule has 0 radical (unpaired) electrons. The van der Waals surface area contributed by atoms with Crippen LogP contribution >= 0.6 is 0 Å². The summed E-state index contributed by atoms with van der Waals surface area (Å²) in [7, 11) is 0. The van der Waals surface area contributed by atoms with Gasteiger partial charge in [-0.1, -0.05) is 8.96 Å². The molecule has 0 amide bonds. The van der Waals surface area contributed by atoms with Crippen molar-refractivity contribution in [3.8, 4) is 0 Å². The highest BCUT2D eigenvalue weighted by Crippen LogP contribution is 1.88. The monoisotopic (exact) mass is 116 g/mol. The lowest BCUT2D eigenvalue weighted by Crippen LogP contribution is -2.02. The second kappa shape index (κ2) is 2.17. The van der Waals surface area contributed by atoms with Crippen LogP contribution in [0.3, 0.4) is 0 Å². The number of rotatable bonds is 1. The third-order valence-corrected chi connectivity index (χ3v) is 0.338.